The van der Waals surface area contributed by atoms with E-state index in [-0.39, 0.29) is 0 Å². The molecule has 0 amide bonds. The molecule has 1 N–H and O–H groups in total. The highest BCUT2D eigenvalue weighted by molar-refractivity contribution is 6.31. The van der Waals surface area contributed by atoms with Gasteiger partial charge in [0.2, 0.25) is 0 Å². The molecular weight excluding hydrogens is 326 g/mol. The molecule has 0 bridgehead atoms. The lowest BCUT2D eigenvalue weighted by Crippen LogP contribution is -2.05. The van der Waals surface area contributed by atoms with Gasteiger partial charge in [-0.05, 0) is 24.3 Å². The van der Waals surface area contributed by atoms with Gasteiger partial charge in [0.25, 0.3) is 0 Å². The van der Waals surface area contributed by atoms with Crippen LogP contribution in [0.2, 0.25) is 5.02 Å². The number of fused-ring (bicyclic) bond motifs is 2. The summed E-state index contributed by atoms with van der Waals surface area (Å²) in [5.41, 5.74) is 1.85. The van der Waals surface area contributed by atoms with Crippen molar-refractivity contribution in [2.24, 2.45) is 0 Å². The second-order valence-electron chi connectivity index (χ2n) is 5.53. The van der Waals surface area contributed by atoms with Crippen LogP contribution in [-0.2, 0) is 6.54 Å². The zero-order valence-electron chi connectivity index (χ0n) is 13.0. The largest absolute Gasteiger partial charge is 0.490 e. The van der Waals surface area contributed by atoms with Gasteiger partial charge < -0.3 is 14.8 Å². The standard InChI is InChI=1S/C18H16ClN3O2/c19-13-5-6-14-15(9-13)21-11-22-18(14)20-10-12-3-1-4-16-17(12)24-8-2-7-23-16/h1,3-6,9,11H,2,7-8,10H2,(H,20,21,22). The van der Waals surface area contributed by atoms with Gasteiger partial charge in [0.05, 0.1) is 18.7 Å². The van der Waals surface area contributed by atoms with E-state index in [1.54, 1.807) is 0 Å². The van der Waals surface area contributed by atoms with Crippen molar-refractivity contribution in [3.05, 3.63) is 53.3 Å². The van der Waals surface area contributed by atoms with Crippen molar-refractivity contribution in [3.63, 3.8) is 0 Å². The number of ether oxygens (including phenoxy) is 2. The number of halogens is 1. The summed E-state index contributed by atoms with van der Waals surface area (Å²) in [6.45, 7) is 1.93. The van der Waals surface area contributed by atoms with E-state index in [0.717, 1.165) is 40.2 Å². The van der Waals surface area contributed by atoms with Crippen LogP contribution < -0.4 is 14.8 Å². The van der Waals surface area contributed by atoms with Crippen molar-refractivity contribution in [2.75, 3.05) is 18.5 Å². The van der Waals surface area contributed by atoms with Gasteiger partial charge in [0.15, 0.2) is 11.5 Å². The summed E-state index contributed by atoms with van der Waals surface area (Å²) in [4.78, 5) is 8.60. The lowest BCUT2D eigenvalue weighted by molar-refractivity contribution is 0.296. The Labute approximate surface area is 144 Å². The highest BCUT2D eigenvalue weighted by Crippen LogP contribution is 2.34. The van der Waals surface area contributed by atoms with Crippen LogP contribution in [0.3, 0.4) is 0 Å². The second kappa shape index (κ2) is 6.53. The molecule has 0 saturated carbocycles. The van der Waals surface area contributed by atoms with Crippen LogP contribution in [0.4, 0.5) is 5.82 Å². The fourth-order valence-electron chi connectivity index (χ4n) is 2.74. The van der Waals surface area contributed by atoms with Gasteiger partial charge in [-0.2, -0.15) is 0 Å². The fraction of sp³-hybridized carbons (Fsp3) is 0.222. The summed E-state index contributed by atoms with van der Waals surface area (Å²) in [7, 11) is 0. The summed E-state index contributed by atoms with van der Waals surface area (Å²) < 4.78 is 11.6. The molecule has 1 aliphatic heterocycles. The summed E-state index contributed by atoms with van der Waals surface area (Å²) >= 11 is 6.03. The monoisotopic (exact) mass is 341 g/mol. The summed E-state index contributed by atoms with van der Waals surface area (Å²) in [5, 5.41) is 4.95. The number of hydrogen-bond donors (Lipinski definition) is 1. The third-order valence-corrected chi connectivity index (χ3v) is 4.13. The van der Waals surface area contributed by atoms with Crippen molar-refractivity contribution in [1.82, 2.24) is 9.97 Å². The molecule has 4 rings (SSSR count). The molecule has 0 spiro atoms. The lowest BCUT2D eigenvalue weighted by atomic mass is 10.1. The molecule has 5 nitrogen and oxygen atoms in total. The van der Waals surface area contributed by atoms with Crippen molar-refractivity contribution in [2.45, 2.75) is 13.0 Å². The number of rotatable bonds is 3. The minimum absolute atomic E-state index is 0.585. The normalized spacial score (nSPS) is 13.5. The maximum absolute atomic E-state index is 6.03. The van der Waals surface area contributed by atoms with Crippen molar-refractivity contribution in [3.8, 4) is 11.5 Å². The van der Waals surface area contributed by atoms with Crippen LogP contribution in [0.25, 0.3) is 10.9 Å². The summed E-state index contributed by atoms with van der Waals surface area (Å²) in [6, 6.07) is 11.5. The van der Waals surface area contributed by atoms with Crippen molar-refractivity contribution < 1.29 is 9.47 Å². The number of nitrogens with zero attached hydrogens (tertiary/aromatic N) is 2. The SMILES string of the molecule is Clc1ccc2c(NCc3cccc4c3OCCCO4)ncnc2c1. The third kappa shape index (κ3) is 2.95. The van der Waals surface area contributed by atoms with Gasteiger partial charge in [0, 0.05) is 28.9 Å². The van der Waals surface area contributed by atoms with E-state index < -0.39 is 0 Å². The molecule has 0 unspecified atom stereocenters. The average molecular weight is 342 g/mol. The molecular formula is C18H16ClN3O2. The number of para-hydroxylation sites is 1. The van der Waals surface area contributed by atoms with Gasteiger partial charge >= 0.3 is 0 Å². The Balaban J connectivity index is 1.62. The third-order valence-electron chi connectivity index (χ3n) is 3.90. The van der Waals surface area contributed by atoms with E-state index in [1.807, 2.05) is 36.4 Å². The number of anilines is 1. The molecule has 0 radical (unpaired) electrons. The van der Waals surface area contributed by atoms with Gasteiger partial charge in [0.1, 0.15) is 12.1 Å². The molecule has 2 aromatic carbocycles. The molecule has 0 atom stereocenters. The number of nitrogens with one attached hydrogen (secondary N) is 1. The van der Waals surface area contributed by atoms with Crippen molar-refractivity contribution >= 4 is 28.3 Å². The molecule has 0 saturated heterocycles. The first-order chi connectivity index (χ1) is 11.8. The molecule has 0 aliphatic carbocycles. The number of aromatic nitrogens is 2. The second-order valence-corrected chi connectivity index (χ2v) is 5.97. The van der Waals surface area contributed by atoms with Crippen LogP contribution >= 0.6 is 11.6 Å². The molecule has 122 valence electrons. The summed E-state index contributed by atoms with van der Waals surface area (Å²) in [5.74, 6) is 2.37. The number of benzene rings is 2. The van der Waals surface area contributed by atoms with E-state index in [2.05, 4.69) is 15.3 Å². The van der Waals surface area contributed by atoms with Gasteiger partial charge in [-0.3, -0.25) is 0 Å². The lowest BCUT2D eigenvalue weighted by Gasteiger charge is -2.14. The topological polar surface area (TPSA) is 56.3 Å². The highest BCUT2D eigenvalue weighted by Gasteiger charge is 2.14. The molecule has 6 heteroatoms. The Morgan fingerprint density at radius 3 is 2.96 bits per heavy atom. The van der Waals surface area contributed by atoms with Crippen LogP contribution in [0.15, 0.2) is 42.7 Å². The van der Waals surface area contributed by atoms with E-state index in [0.29, 0.717) is 24.8 Å². The first-order valence-electron chi connectivity index (χ1n) is 7.83. The highest BCUT2D eigenvalue weighted by atomic mass is 35.5. The quantitative estimate of drug-likeness (QED) is 0.778. The zero-order chi connectivity index (χ0) is 16.4. The molecule has 1 aromatic heterocycles. The Kier molecular flexibility index (Phi) is 4.09. The average Bonchev–Trinajstić information content (AvgIpc) is 2.85. The van der Waals surface area contributed by atoms with Crippen molar-refractivity contribution in [1.29, 1.82) is 0 Å². The van der Waals surface area contributed by atoms with Gasteiger partial charge in [-0.1, -0.05) is 23.7 Å². The Morgan fingerprint density at radius 1 is 1.08 bits per heavy atom. The van der Waals surface area contributed by atoms with Crippen LogP contribution in [0.5, 0.6) is 11.5 Å². The molecule has 24 heavy (non-hydrogen) atoms. The Bertz CT molecular complexity index is 885. The first kappa shape index (κ1) is 15.0. The maximum atomic E-state index is 6.03. The Hall–Kier alpha value is -2.53. The number of hydrogen-bond acceptors (Lipinski definition) is 5. The minimum Gasteiger partial charge on any atom is -0.490 e. The van der Waals surface area contributed by atoms with E-state index >= 15 is 0 Å². The van der Waals surface area contributed by atoms with E-state index in [1.165, 1.54) is 6.33 Å². The molecule has 1 aliphatic rings. The van der Waals surface area contributed by atoms with E-state index in [4.69, 9.17) is 21.1 Å². The minimum atomic E-state index is 0.585. The molecule has 2 heterocycles. The van der Waals surface area contributed by atoms with Crippen LogP contribution in [0, 0.1) is 0 Å². The molecule has 0 fully saturated rings. The smallest absolute Gasteiger partial charge is 0.166 e. The predicted octanol–water partition coefficient (Wildman–Crippen LogP) is 4.06. The van der Waals surface area contributed by atoms with Crippen LogP contribution in [-0.4, -0.2) is 23.2 Å². The molecule has 3 aromatic rings. The predicted molar refractivity (Wildman–Crippen MR) is 93.9 cm³/mol. The Morgan fingerprint density at radius 2 is 2.00 bits per heavy atom. The summed E-state index contributed by atoms with van der Waals surface area (Å²) in [6.07, 6.45) is 2.42. The first-order valence-corrected chi connectivity index (χ1v) is 8.21. The fourth-order valence-corrected chi connectivity index (χ4v) is 2.91. The van der Waals surface area contributed by atoms with Crippen LogP contribution in [0.1, 0.15) is 12.0 Å². The van der Waals surface area contributed by atoms with Gasteiger partial charge in [-0.15, -0.1) is 0 Å². The van der Waals surface area contributed by atoms with Gasteiger partial charge in [-0.25, -0.2) is 9.97 Å². The zero-order valence-corrected chi connectivity index (χ0v) is 13.7. The van der Waals surface area contributed by atoms with E-state index in [9.17, 15) is 0 Å². The maximum Gasteiger partial charge on any atom is 0.166 e.